The van der Waals surface area contributed by atoms with Crippen molar-refractivity contribution in [2.45, 2.75) is 24.8 Å². The van der Waals surface area contributed by atoms with E-state index in [0.717, 1.165) is 25.8 Å². The van der Waals surface area contributed by atoms with Gasteiger partial charge in [0, 0.05) is 26.2 Å². The molecule has 0 saturated carbocycles. The summed E-state index contributed by atoms with van der Waals surface area (Å²) in [5, 5.41) is 2.90. The van der Waals surface area contributed by atoms with Crippen molar-refractivity contribution in [2.24, 2.45) is 0 Å². The van der Waals surface area contributed by atoms with Gasteiger partial charge in [-0.3, -0.25) is 14.2 Å². The van der Waals surface area contributed by atoms with Crippen LogP contribution in [0.1, 0.15) is 20.8 Å². The van der Waals surface area contributed by atoms with Gasteiger partial charge in [-0.05, 0) is 42.3 Å². The van der Waals surface area contributed by atoms with E-state index in [-0.39, 0.29) is 23.4 Å². The van der Waals surface area contributed by atoms with Crippen molar-refractivity contribution in [3.8, 4) is 0 Å². The summed E-state index contributed by atoms with van der Waals surface area (Å²) >= 11 is 1.08. The number of ether oxygens (including phenoxy) is 1. The summed E-state index contributed by atoms with van der Waals surface area (Å²) in [7, 11) is -0.726. The molecule has 2 heterocycles. The summed E-state index contributed by atoms with van der Waals surface area (Å²) in [6.45, 7) is 1.55. The van der Waals surface area contributed by atoms with Gasteiger partial charge >= 0.3 is 5.97 Å². The zero-order chi connectivity index (χ0) is 27.4. The van der Waals surface area contributed by atoms with Crippen LogP contribution in [0.4, 0.5) is 5.69 Å². The van der Waals surface area contributed by atoms with Gasteiger partial charge in [0.25, 0.3) is 5.56 Å². The van der Waals surface area contributed by atoms with Crippen LogP contribution in [0.15, 0.2) is 70.6 Å². The molecule has 4 rings (SSSR count). The number of benzene rings is 2. The van der Waals surface area contributed by atoms with Crippen molar-refractivity contribution >= 4 is 49.1 Å². The minimum Gasteiger partial charge on any atom is -0.461 e. The molecule has 38 heavy (non-hydrogen) atoms. The Hall–Kier alpha value is -3.87. The molecular formula is C26H26N4O6S2. The minimum atomic E-state index is -3.59. The lowest BCUT2D eigenvalue weighted by Gasteiger charge is -2.12. The number of thiophene rings is 1. The number of amides is 1. The molecule has 10 nitrogen and oxygen atoms in total. The Morgan fingerprint density at radius 3 is 2.42 bits per heavy atom. The number of nitrogens with zero attached hydrogens (tertiary/aromatic N) is 3. The largest absolute Gasteiger partial charge is 0.461 e. The van der Waals surface area contributed by atoms with Crippen molar-refractivity contribution < 1.29 is 22.7 Å². The third-order valence-corrected chi connectivity index (χ3v) is 8.81. The normalized spacial score (nSPS) is 11.6. The highest BCUT2D eigenvalue weighted by molar-refractivity contribution is 7.89. The lowest BCUT2D eigenvalue weighted by Crippen LogP contribution is -2.28. The summed E-state index contributed by atoms with van der Waals surface area (Å²) < 4.78 is 32.1. The van der Waals surface area contributed by atoms with E-state index in [9.17, 15) is 22.8 Å². The van der Waals surface area contributed by atoms with Crippen molar-refractivity contribution in [1.29, 1.82) is 0 Å². The lowest BCUT2D eigenvalue weighted by molar-refractivity contribution is -0.116. The average Bonchev–Trinajstić information content (AvgIpc) is 3.23. The molecule has 2 aromatic carbocycles. The van der Waals surface area contributed by atoms with Crippen LogP contribution >= 0.6 is 11.3 Å². The van der Waals surface area contributed by atoms with Gasteiger partial charge in [0.05, 0.1) is 23.2 Å². The van der Waals surface area contributed by atoms with Gasteiger partial charge in [-0.15, -0.1) is 11.3 Å². The summed E-state index contributed by atoms with van der Waals surface area (Å²) in [6, 6.07) is 15.4. The number of nitrogens with one attached hydrogen (secondary N) is 1. The molecule has 0 aliphatic rings. The third-order valence-electron chi connectivity index (χ3n) is 5.80. The second kappa shape index (κ2) is 11.3. The third kappa shape index (κ3) is 5.82. The standard InChI is InChI=1S/C26H26N4O6S2/c1-17-22-24(37-23(17)26(33)36-14-13-18-7-5-4-6-8-18)27-16-30(25(22)32)15-21(31)28-19-9-11-20(12-10-19)38(34,35)29(2)3/h4-12,16H,13-15H2,1-3H3,(H,28,31). The van der Waals surface area contributed by atoms with Gasteiger partial charge in [0.2, 0.25) is 15.9 Å². The van der Waals surface area contributed by atoms with Crippen LogP contribution in [0.2, 0.25) is 0 Å². The Kier molecular flexibility index (Phi) is 8.05. The summed E-state index contributed by atoms with van der Waals surface area (Å²) in [5.74, 6) is -1.02. The van der Waals surface area contributed by atoms with E-state index >= 15 is 0 Å². The van der Waals surface area contributed by atoms with Crippen LogP contribution in [0, 0.1) is 6.92 Å². The molecule has 12 heteroatoms. The predicted molar refractivity (Wildman–Crippen MR) is 145 cm³/mol. The lowest BCUT2D eigenvalue weighted by atomic mass is 10.2. The molecule has 0 saturated heterocycles. The molecule has 198 valence electrons. The second-order valence-corrected chi connectivity index (χ2v) is 11.8. The maximum atomic E-state index is 13.1. The molecule has 1 N–H and O–H groups in total. The number of hydrogen-bond acceptors (Lipinski definition) is 8. The van der Waals surface area contributed by atoms with Gasteiger partial charge in [0.1, 0.15) is 16.3 Å². The first-order valence-corrected chi connectivity index (χ1v) is 13.9. The van der Waals surface area contributed by atoms with E-state index < -0.39 is 27.5 Å². The van der Waals surface area contributed by atoms with Crippen LogP contribution in [0.25, 0.3) is 10.2 Å². The zero-order valence-corrected chi connectivity index (χ0v) is 22.6. The van der Waals surface area contributed by atoms with E-state index in [1.165, 1.54) is 44.7 Å². The van der Waals surface area contributed by atoms with Crippen molar-refractivity contribution in [1.82, 2.24) is 13.9 Å². The number of fused-ring (bicyclic) bond motifs is 1. The van der Waals surface area contributed by atoms with Crippen molar-refractivity contribution in [2.75, 3.05) is 26.0 Å². The average molecular weight is 555 g/mol. The van der Waals surface area contributed by atoms with Gasteiger partial charge in [-0.2, -0.15) is 0 Å². The number of aryl methyl sites for hydroxylation is 1. The second-order valence-electron chi connectivity index (χ2n) is 8.65. The number of sulfonamides is 1. The van der Waals surface area contributed by atoms with Gasteiger partial charge in [-0.25, -0.2) is 22.5 Å². The van der Waals surface area contributed by atoms with Gasteiger partial charge < -0.3 is 10.1 Å². The maximum Gasteiger partial charge on any atom is 0.348 e. The van der Waals surface area contributed by atoms with Crippen molar-refractivity contribution in [3.63, 3.8) is 0 Å². The Labute approximate surface area is 223 Å². The minimum absolute atomic E-state index is 0.0914. The fourth-order valence-electron chi connectivity index (χ4n) is 3.71. The molecule has 2 aromatic heterocycles. The Bertz CT molecular complexity index is 1640. The monoisotopic (exact) mass is 554 g/mol. The summed E-state index contributed by atoms with van der Waals surface area (Å²) in [4.78, 5) is 43.4. The van der Waals surface area contributed by atoms with Gasteiger partial charge in [-0.1, -0.05) is 30.3 Å². The first-order chi connectivity index (χ1) is 18.1. The molecule has 0 bridgehead atoms. The molecule has 0 spiro atoms. The number of hydrogen-bond donors (Lipinski definition) is 1. The molecule has 0 fully saturated rings. The molecule has 0 unspecified atom stereocenters. The van der Waals surface area contributed by atoms with Crippen LogP contribution in [-0.4, -0.2) is 54.9 Å². The Morgan fingerprint density at radius 2 is 1.76 bits per heavy atom. The Balaban J connectivity index is 1.45. The highest BCUT2D eigenvalue weighted by atomic mass is 32.2. The molecule has 0 aliphatic heterocycles. The molecule has 0 aliphatic carbocycles. The van der Waals surface area contributed by atoms with Crippen molar-refractivity contribution in [3.05, 3.63) is 87.3 Å². The van der Waals surface area contributed by atoms with Crippen LogP contribution in [0.5, 0.6) is 0 Å². The first kappa shape index (κ1) is 27.2. The van der Waals surface area contributed by atoms with E-state index in [4.69, 9.17) is 4.74 Å². The molecule has 1 amide bonds. The quantitative estimate of drug-likeness (QED) is 0.315. The fraction of sp³-hybridized carbons (Fsp3) is 0.231. The SMILES string of the molecule is Cc1c(C(=O)OCCc2ccccc2)sc2ncn(CC(=O)Nc3ccc(S(=O)(=O)N(C)C)cc3)c(=O)c12. The summed E-state index contributed by atoms with van der Waals surface area (Å²) in [5.41, 5.74) is 1.43. The Morgan fingerprint density at radius 1 is 1.08 bits per heavy atom. The van der Waals surface area contributed by atoms with Crippen LogP contribution in [-0.2, 0) is 32.5 Å². The van der Waals surface area contributed by atoms with E-state index in [2.05, 4.69) is 10.3 Å². The van der Waals surface area contributed by atoms with Crippen LogP contribution < -0.4 is 10.9 Å². The molecule has 4 aromatic rings. The molecule has 0 radical (unpaired) electrons. The van der Waals surface area contributed by atoms with E-state index in [0.29, 0.717) is 27.4 Å². The topological polar surface area (TPSA) is 128 Å². The first-order valence-electron chi connectivity index (χ1n) is 11.6. The maximum absolute atomic E-state index is 13.1. The highest BCUT2D eigenvalue weighted by Gasteiger charge is 2.21. The zero-order valence-electron chi connectivity index (χ0n) is 21.0. The summed E-state index contributed by atoms with van der Waals surface area (Å²) in [6.07, 6.45) is 1.84. The predicted octanol–water partition coefficient (Wildman–Crippen LogP) is 3.05. The van der Waals surface area contributed by atoms with E-state index in [1.807, 2.05) is 30.3 Å². The van der Waals surface area contributed by atoms with Gasteiger partial charge in [0.15, 0.2) is 0 Å². The van der Waals surface area contributed by atoms with E-state index in [1.54, 1.807) is 6.92 Å². The number of esters is 1. The highest BCUT2D eigenvalue weighted by Crippen LogP contribution is 2.27. The molecular weight excluding hydrogens is 528 g/mol. The smallest absolute Gasteiger partial charge is 0.348 e. The number of carbonyl (C=O) groups excluding carboxylic acids is 2. The van der Waals surface area contributed by atoms with Crippen LogP contribution in [0.3, 0.4) is 0 Å². The molecule has 0 atom stereocenters. The number of anilines is 1. The fourth-order valence-corrected chi connectivity index (χ4v) is 5.65. The number of aromatic nitrogens is 2. The number of carbonyl (C=O) groups is 2. The number of rotatable bonds is 9.